The normalized spacial score (nSPS) is 11.4. The largest absolute Gasteiger partial charge is 0.491 e. The average Bonchev–Trinajstić information content (AvgIpc) is 2.45. The summed E-state index contributed by atoms with van der Waals surface area (Å²) in [6, 6.07) is 9.57. The molecule has 0 radical (unpaired) electrons. The van der Waals surface area contributed by atoms with Crippen molar-refractivity contribution in [1.29, 1.82) is 0 Å². The summed E-state index contributed by atoms with van der Waals surface area (Å²) in [7, 11) is -4.32. The van der Waals surface area contributed by atoms with Crippen molar-refractivity contribution in [3.8, 4) is 17.2 Å². The van der Waals surface area contributed by atoms with Gasteiger partial charge in [-0.1, -0.05) is 0 Å². The highest BCUT2D eigenvalue weighted by atomic mass is 31.2. The van der Waals surface area contributed by atoms with Crippen LogP contribution in [0, 0.1) is 0 Å². The zero-order valence-electron chi connectivity index (χ0n) is 13.0. The molecule has 0 fully saturated rings. The third-order valence-electron chi connectivity index (χ3n) is 2.91. The van der Waals surface area contributed by atoms with Crippen molar-refractivity contribution in [3.05, 3.63) is 48.0 Å². The highest BCUT2D eigenvalue weighted by Gasteiger charge is 2.16. The Balaban J connectivity index is 2.29. The molecule has 8 heteroatoms. The molecule has 0 saturated carbocycles. The minimum Gasteiger partial charge on any atom is -0.491 e. The molecule has 2 aromatic carbocycles. The van der Waals surface area contributed by atoms with Crippen molar-refractivity contribution in [2.24, 2.45) is 0 Å². The summed E-state index contributed by atoms with van der Waals surface area (Å²) in [6.07, 6.45) is -0.135. The van der Waals surface area contributed by atoms with Gasteiger partial charge in [0.2, 0.25) is 0 Å². The fraction of sp³-hybridized carbons (Fsp3) is 0.188. The molecule has 0 saturated heterocycles. The molecule has 0 bridgehead atoms. The Hall–Kier alpha value is -2.34. The van der Waals surface area contributed by atoms with Gasteiger partial charge in [-0.15, -0.1) is 0 Å². The van der Waals surface area contributed by atoms with Gasteiger partial charge in [-0.05, 0) is 50.2 Å². The second-order valence-corrected chi connectivity index (χ2v) is 6.91. The first-order valence-electron chi connectivity index (χ1n) is 7.04. The molecule has 0 aliphatic carbocycles. The van der Waals surface area contributed by atoms with Gasteiger partial charge in [0.05, 0.1) is 17.0 Å². The van der Waals surface area contributed by atoms with Crippen LogP contribution in [-0.2, 0) is 4.57 Å². The first-order valence-corrected chi connectivity index (χ1v) is 8.65. The Labute approximate surface area is 138 Å². The Kier molecular flexibility index (Phi) is 5.29. The molecular formula is C16H17O7P. The van der Waals surface area contributed by atoms with Gasteiger partial charge in [0.25, 0.3) is 0 Å². The molecule has 2 aromatic rings. The van der Waals surface area contributed by atoms with E-state index < -0.39 is 13.6 Å². The molecule has 24 heavy (non-hydrogen) atoms. The van der Waals surface area contributed by atoms with Crippen molar-refractivity contribution in [3.63, 3.8) is 0 Å². The minimum atomic E-state index is -4.32. The average molecular weight is 352 g/mol. The molecule has 7 nitrogen and oxygen atoms in total. The van der Waals surface area contributed by atoms with Crippen LogP contribution in [0.2, 0.25) is 0 Å². The summed E-state index contributed by atoms with van der Waals surface area (Å²) in [4.78, 5) is 29.4. The molecule has 0 aliphatic rings. The van der Waals surface area contributed by atoms with E-state index in [1.165, 1.54) is 36.4 Å². The predicted octanol–water partition coefficient (Wildman–Crippen LogP) is 2.77. The number of hydrogen-bond donors (Lipinski definition) is 3. The summed E-state index contributed by atoms with van der Waals surface area (Å²) in [6.45, 7) is 3.63. The summed E-state index contributed by atoms with van der Waals surface area (Å²) in [5, 5.41) is 9.04. The minimum absolute atomic E-state index is 0.00925. The number of carbonyl (C=O) groups is 1. The van der Waals surface area contributed by atoms with E-state index in [-0.39, 0.29) is 22.7 Å². The Morgan fingerprint density at radius 3 is 2.08 bits per heavy atom. The topological polar surface area (TPSA) is 113 Å². The lowest BCUT2D eigenvalue weighted by molar-refractivity contribution is 0.0695. The number of ether oxygens (including phenoxy) is 2. The van der Waals surface area contributed by atoms with Crippen LogP contribution in [0.25, 0.3) is 0 Å². The lowest BCUT2D eigenvalue weighted by atomic mass is 10.2. The Morgan fingerprint density at radius 1 is 1.00 bits per heavy atom. The summed E-state index contributed by atoms with van der Waals surface area (Å²) >= 11 is 0. The molecule has 0 spiro atoms. The third kappa shape index (κ3) is 4.83. The van der Waals surface area contributed by atoms with Gasteiger partial charge < -0.3 is 24.4 Å². The lowest BCUT2D eigenvalue weighted by Gasteiger charge is -2.13. The molecule has 0 aliphatic heterocycles. The van der Waals surface area contributed by atoms with Crippen LogP contribution < -0.4 is 14.8 Å². The highest BCUT2D eigenvalue weighted by Crippen LogP contribution is 2.34. The van der Waals surface area contributed by atoms with Crippen molar-refractivity contribution in [1.82, 2.24) is 0 Å². The van der Waals surface area contributed by atoms with Crippen LogP contribution >= 0.6 is 7.60 Å². The van der Waals surface area contributed by atoms with E-state index in [0.29, 0.717) is 11.5 Å². The Bertz CT molecular complexity index is 778. The van der Waals surface area contributed by atoms with Crippen LogP contribution in [0.3, 0.4) is 0 Å². The number of aromatic carboxylic acids is 1. The molecule has 2 rings (SSSR count). The van der Waals surface area contributed by atoms with Gasteiger partial charge in [-0.25, -0.2) is 4.79 Å². The second-order valence-electron chi connectivity index (χ2n) is 5.30. The maximum atomic E-state index is 11.2. The summed E-state index contributed by atoms with van der Waals surface area (Å²) in [5.74, 6) is -0.211. The number of benzene rings is 2. The van der Waals surface area contributed by atoms with Gasteiger partial charge in [-0.3, -0.25) is 4.57 Å². The fourth-order valence-corrected chi connectivity index (χ4v) is 2.48. The van der Waals surface area contributed by atoms with Crippen molar-refractivity contribution < 1.29 is 33.7 Å². The second kappa shape index (κ2) is 7.05. The van der Waals surface area contributed by atoms with Crippen molar-refractivity contribution in [2.45, 2.75) is 20.0 Å². The number of carboxylic acid groups (broad SMARTS) is 1. The predicted molar refractivity (Wildman–Crippen MR) is 87.4 cm³/mol. The van der Waals surface area contributed by atoms with Gasteiger partial charge in [0.1, 0.15) is 17.2 Å². The molecule has 0 amide bonds. The SMILES string of the molecule is CC(C)Oc1cc(Oc2ccc(P(=O)(O)O)cc2)cc(C(=O)O)c1. The molecule has 0 heterocycles. The Morgan fingerprint density at radius 2 is 1.58 bits per heavy atom. The number of carboxylic acids is 1. The maximum absolute atomic E-state index is 11.2. The van der Waals surface area contributed by atoms with Gasteiger partial charge in [0.15, 0.2) is 0 Å². The number of hydrogen-bond acceptors (Lipinski definition) is 4. The lowest BCUT2D eigenvalue weighted by Crippen LogP contribution is -2.07. The van der Waals surface area contributed by atoms with Gasteiger partial charge in [0, 0.05) is 6.07 Å². The van der Waals surface area contributed by atoms with E-state index in [1.807, 2.05) is 13.8 Å². The monoisotopic (exact) mass is 352 g/mol. The van der Waals surface area contributed by atoms with Crippen LogP contribution in [0.15, 0.2) is 42.5 Å². The van der Waals surface area contributed by atoms with E-state index in [1.54, 1.807) is 6.07 Å². The molecule has 128 valence electrons. The smallest absolute Gasteiger partial charge is 0.356 e. The van der Waals surface area contributed by atoms with Crippen molar-refractivity contribution in [2.75, 3.05) is 0 Å². The van der Waals surface area contributed by atoms with Crippen LogP contribution in [0.1, 0.15) is 24.2 Å². The first-order chi connectivity index (χ1) is 11.1. The highest BCUT2D eigenvalue weighted by molar-refractivity contribution is 7.60. The first kappa shape index (κ1) is 18.0. The van der Waals surface area contributed by atoms with E-state index in [0.717, 1.165) is 0 Å². The van der Waals surface area contributed by atoms with Gasteiger partial charge in [-0.2, -0.15) is 0 Å². The van der Waals surface area contributed by atoms with Gasteiger partial charge >= 0.3 is 13.6 Å². The van der Waals surface area contributed by atoms with Crippen molar-refractivity contribution >= 4 is 18.9 Å². The van der Waals surface area contributed by atoms with Crippen LogP contribution in [-0.4, -0.2) is 27.0 Å². The van der Waals surface area contributed by atoms with E-state index in [4.69, 9.17) is 24.4 Å². The third-order valence-corrected chi connectivity index (χ3v) is 3.88. The number of rotatable bonds is 6. The summed E-state index contributed by atoms with van der Waals surface area (Å²) < 4.78 is 22.2. The van der Waals surface area contributed by atoms with Crippen LogP contribution in [0.5, 0.6) is 17.2 Å². The zero-order chi connectivity index (χ0) is 17.9. The van der Waals surface area contributed by atoms with E-state index in [2.05, 4.69) is 0 Å². The van der Waals surface area contributed by atoms with Crippen LogP contribution in [0.4, 0.5) is 0 Å². The van der Waals surface area contributed by atoms with E-state index >= 15 is 0 Å². The summed E-state index contributed by atoms with van der Waals surface area (Å²) in [5.41, 5.74) is 0.00925. The zero-order valence-corrected chi connectivity index (χ0v) is 13.9. The molecule has 0 unspecified atom stereocenters. The molecule has 0 atom stereocenters. The maximum Gasteiger partial charge on any atom is 0.356 e. The molecular weight excluding hydrogens is 335 g/mol. The standard InChI is InChI=1S/C16H17O7P/c1-10(2)22-13-7-11(16(17)18)8-14(9-13)23-12-3-5-15(6-4-12)24(19,20)21/h3-10H,1-2H3,(H,17,18)(H2,19,20,21). The molecule has 0 aromatic heterocycles. The quantitative estimate of drug-likeness (QED) is 0.685. The fourth-order valence-electron chi connectivity index (χ4n) is 1.94. The molecule has 3 N–H and O–H groups in total. The van der Waals surface area contributed by atoms with E-state index in [9.17, 15) is 9.36 Å².